The van der Waals surface area contributed by atoms with Gasteiger partial charge in [0, 0.05) is 40.7 Å². The van der Waals surface area contributed by atoms with Crippen LogP contribution in [0.2, 0.25) is 0 Å². The van der Waals surface area contributed by atoms with Gasteiger partial charge in [0.2, 0.25) is 0 Å². The number of aliphatic hydroxyl groups is 1. The van der Waals surface area contributed by atoms with Gasteiger partial charge in [-0.25, -0.2) is 0 Å². The summed E-state index contributed by atoms with van der Waals surface area (Å²) in [4.78, 5) is 17.1. The third-order valence-corrected chi connectivity index (χ3v) is 7.62. The van der Waals surface area contributed by atoms with Crippen LogP contribution < -0.4 is 10.2 Å². The topological polar surface area (TPSA) is 85.6 Å². The largest absolute Gasteiger partial charge is 0.396 e. The zero-order chi connectivity index (χ0) is 28.6. The van der Waals surface area contributed by atoms with Crippen LogP contribution in [0.15, 0.2) is 54.1 Å². The summed E-state index contributed by atoms with van der Waals surface area (Å²) in [5, 5.41) is 24.1. The van der Waals surface area contributed by atoms with Crippen molar-refractivity contribution in [1.29, 1.82) is 5.26 Å². The molecule has 1 amide bonds. The molecule has 0 saturated carbocycles. The molecule has 6 nitrogen and oxygen atoms in total. The first-order chi connectivity index (χ1) is 18.5. The third-order valence-electron chi connectivity index (χ3n) is 6.36. The molecule has 0 bridgehead atoms. The highest BCUT2D eigenvalue weighted by molar-refractivity contribution is 7.16. The van der Waals surface area contributed by atoms with Gasteiger partial charge in [0.25, 0.3) is 5.91 Å². The lowest BCUT2D eigenvalue weighted by Crippen LogP contribution is -2.44. The molecule has 2 aromatic carbocycles. The summed E-state index contributed by atoms with van der Waals surface area (Å²) in [6, 6.07) is 19.1. The van der Waals surface area contributed by atoms with Crippen molar-refractivity contribution in [2.75, 3.05) is 37.8 Å². The van der Waals surface area contributed by atoms with Crippen molar-refractivity contribution in [3.8, 4) is 16.5 Å². The highest BCUT2D eigenvalue weighted by atomic mass is 32.1. The first-order valence-corrected chi connectivity index (χ1v) is 14.4. The number of allylic oxidation sites excluding steroid dienone is 1. The highest BCUT2D eigenvalue weighted by Gasteiger charge is 2.24. The monoisotopic (exact) mass is 547 g/mol. The number of carbonyl (C=O) groups excluding carboxylic acids is 1. The van der Waals surface area contributed by atoms with Gasteiger partial charge in [-0.1, -0.05) is 39.0 Å². The number of fused-ring (bicyclic) bond motifs is 1. The molecule has 39 heavy (non-hydrogen) atoms. The van der Waals surface area contributed by atoms with Crippen LogP contribution in [-0.4, -0.2) is 49.5 Å². The molecule has 7 heteroatoms. The molecule has 3 aromatic rings. The number of rotatable bonds is 7. The van der Waals surface area contributed by atoms with E-state index in [9.17, 15) is 15.2 Å². The van der Waals surface area contributed by atoms with Gasteiger partial charge >= 0.3 is 0 Å². The van der Waals surface area contributed by atoms with Gasteiger partial charge in [0.1, 0.15) is 11.6 Å². The van der Waals surface area contributed by atoms with E-state index in [0.717, 1.165) is 47.5 Å². The normalized spacial score (nSPS) is 14.4. The molecule has 1 aliphatic rings. The molecule has 2 N–H and O–H groups in total. The molecular weight excluding hydrogens is 506 g/mol. The van der Waals surface area contributed by atoms with E-state index < -0.39 is 11.4 Å². The summed E-state index contributed by atoms with van der Waals surface area (Å²) in [6.45, 7) is 15.3. The Kier molecular flexibility index (Phi) is 10.7. The van der Waals surface area contributed by atoms with Gasteiger partial charge < -0.3 is 20.1 Å². The number of amides is 1. The molecule has 0 aliphatic carbocycles. The van der Waals surface area contributed by atoms with Crippen LogP contribution >= 0.6 is 11.3 Å². The molecule has 1 fully saturated rings. The number of nitrogens with zero attached hydrogens (tertiary/aromatic N) is 2. The molecule has 0 spiro atoms. The number of hydrogen-bond donors (Lipinski definition) is 2. The summed E-state index contributed by atoms with van der Waals surface area (Å²) in [6.07, 6.45) is 0.412. The lowest BCUT2D eigenvalue weighted by molar-refractivity contribution is -0.118. The van der Waals surface area contributed by atoms with E-state index in [0.29, 0.717) is 12.0 Å². The molecular formula is C32H41N3O3S. The maximum Gasteiger partial charge on any atom is 0.262 e. The Labute approximate surface area is 236 Å². The number of thiophene rings is 1. The Morgan fingerprint density at radius 2 is 1.74 bits per heavy atom. The van der Waals surface area contributed by atoms with Crippen molar-refractivity contribution in [3.05, 3.63) is 59.0 Å². The Bertz CT molecular complexity index is 1340. The van der Waals surface area contributed by atoms with E-state index in [1.807, 2.05) is 26.0 Å². The van der Waals surface area contributed by atoms with Gasteiger partial charge in [-0.3, -0.25) is 4.79 Å². The zero-order valence-corrected chi connectivity index (χ0v) is 24.8. The van der Waals surface area contributed by atoms with Crippen molar-refractivity contribution in [3.63, 3.8) is 0 Å². The number of benzene rings is 2. The molecule has 0 unspecified atom stereocenters. The van der Waals surface area contributed by atoms with Crippen LogP contribution in [0.5, 0.6) is 0 Å². The molecule has 208 valence electrons. The second-order valence-electron chi connectivity index (χ2n) is 11.2. The second kappa shape index (κ2) is 13.7. The maximum absolute atomic E-state index is 12.8. The second-order valence-corrected chi connectivity index (χ2v) is 12.2. The maximum atomic E-state index is 12.8. The van der Waals surface area contributed by atoms with Gasteiger partial charge in [-0.05, 0) is 85.4 Å². The first kappa shape index (κ1) is 30.4. The molecule has 4 rings (SSSR count). The highest BCUT2D eigenvalue weighted by Crippen LogP contribution is 2.35. The molecule has 0 radical (unpaired) electrons. The number of nitrogens with one attached hydrogen (secondary N) is 1. The van der Waals surface area contributed by atoms with Crippen LogP contribution in [0.25, 0.3) is 26.8 Å². The van der Waals surface area contributed by atoms with Crippen molar-refractivity contribution in [2.24, 2.45) is 5.92 Å². The number of ether oxygens (including phenoxy) is 1. The number of aliphatic hydroxyl groups excluding tert-OH is 1. The van der Waals surface area contributed by atoms with Gasteiger partial charge in [0.05, 0.1) is 13.2 Å². The fourth-order valence-electron chi connectivity index (χ4n) is 4.24. The van der Waals surface area contributed by atoms with Crippen LogP contribution in [0, 0.1) is 17.2 Å². The molecule has 2 heterocycles. The van der Waals surface area contributed by atoms with E-state index in [2.05, 4.69) is 73.5 Å². The zero-order valence-electron chi connectivity index (χ0n) is 24.0. The van der Waals surface area contributed by atoms with Crippen molar-refractivity contribution in [2.45, 2.75) is 53.5 Å². The van der Waals surface area contributed by atoms with Gasteiger partial charge in [0.15, 0.2) is 0 Å². The van der Waals surface area contributed by atoms with Crippen LogP contribution in [0.3, 0.4) is 0 Å². The quantitative estimate of drug-likeness (QED) is 0.256. The molecule has 1 aliphatic heterocycles. The standard InChI is InChI=1S/C28H31N3O3S.C4H10/c1-19(24(18-29)27(33)30-28(2,3)10-13-32)25-8-9-26(35-25)22-5-4-21-17-23(7-6-20(21)16-22)31-11-14-34-15-12-31;1-4(2)3/h4-9,16-17,32H,10-15H2,1-3H3,(H,30,33);4H,1-3H3/b24-19+;. The van der Waals surface area contributed by atoms with Crippen LogP contribution in [-0.2, 0) is 9.53 Å². The fraction of sp³-hybridized carbons (Fsp3) is 0.438. The minimum atomic E-state index is -0.596. The number of anilines is 1. The van der Waals surface area contributed by atoms with Gasteiger partial charge in [-0.15, -0.1) is 11.3 Å². The molecule has 1 aromatic heterocycles. The Morgan fingerprint density at radius 3 is 2.38 bits per heavy atom. The van der Waals surface area contributed by atoms with E-state index in [1.165, 1.54) is 16.5 Å². The molecule has 1 saturated heterocycles. The number of nitriles is 1. The number of hydrogen-bond acceptors (Lipinski definition) is 6. The fourth-order valence-corrected chi connectivity index (χ4v) is 5.25. The summed E-state index contributed by atoms with van der Waals surface area (Å²) in [5.41, 5.74) is 2.47. The van der Waals surface area contributed by atoms with Crippen molar-refractivity contribution >= 4 is 39.3 Å². The van der Waals surface area contributed by atoms with E-state index in [4.69, 9.17) is 4.74 Å². The molecule has 0 atom stereocenters. The predicted molar refractivity (Wildman–Crippen MR) is 163 cm³/mol. The van der Waals surface area contributed by atoms with Crippen LogP contribution in [0.1, 0.15) is 52.8 Å². The Hall–Kier alpha value is -3.18. The third kappa shape index (κ3) is 8.40. The summed E-state index contributed by atoms with van der Waals surface area (Å²) >= 11 is 1.57. The predicted octanol–water partition coefficient (Wildman–Crippen LogP) is 6.64. The van der Waals surface area contributed by atoms with Gasteiger partial charge in [-0.2, -0.15) is 5.26 Å². The average Bonchev–Trinajstić information content (AvgIpc) is 3.39. The Morgan fingerprint density at radius 1 is 1.10 bits per heavy atom. The SMILES string of the molecule is C/C(=C(/C#N)C(=O)NC(C)(C)CCO)c1ccc(-c2ccc3cc(N4CCOCC4)ccc3c2)s1.CC(C)C. The summed E-state index contributed by atoms with van der Waals surface area (Å²) in [7, 11) is 0. The van der Waals surface area contributed by atoms with Crippen molar-refractivity contribution in [1.82, 2.24) is 5.32 Å². The summed E-state index contributed by atoms with van der Waals surface area (Å²) < 4.78 is 5.47. The number of carbonyl (C=O) groups is 1. The minimum absolute atomic E-state index is 0.0353. The van der Waals surface area contributed by atoms with Crippen LogP contribution in [0.4, 0.5) is 5.69 Å². The summed E-state index contributed by atoms with van der Waals surface area (Å²) in [5.74, 6) is 0.417. The van der Waals surface area contributed by atoms with E-state index in [-0.39, 0.29) is 12.2 Å². The lowest BCUT2D eigenvalue weighted by Gasteiger charge is -2.29. The Balaban J connectivity index is 0.000000983. The average molecular weight is 548 g/mol. The number of morpholine rings is 1. The minimum Gasteiger partial charge on any atom is -0.396 e. The van der Waals surface area contributed by atoms with E-state index >= 15 is 0 Å². The lowest BCUT2D eigenvalue weighted by atomic mass is 9.99. The smallest absolute Gasteiger partial charge is 0.262 e. The van der Waals surface area contributed by atoms with E-state index in [1.54, 1.807) is 18.3 Å². The van der Waals surface area contributed by atoms with Crippen molar-refractivity contribution < 1.29 is 14.6 Å². The first-order valence-electron chi connectivity index (χ1n) is 13.6.